The molecular weight excluding hydrogens is 516 g/mol. The number of carbonyl (C=O) groups is 3. The molecule has 1 unspecified atom stereocenters. The van der Waals surface area contributed by atoms with Gasteiger partial charge in [-0.1, -0.05) is 12.6 Å². The van der Waals surface area contributed by atoms with E-state index in [0.29, 0.717) is 40.7 Å². The highest BCUT2D eigenvalue weighted by molar-refractivity contribution is 9.10. The number of amides is 3. The molecule has 1 aliphatic heterocycles. The number of benzene rings is 1. The fourth-order valence-electron chi connectivity index (χ4n) is 3.96. The molecule has 0 bridgehead atoms. The first kappa shape index (κ1) is 24.3. The van der Waals surface area contributed by atoms with Gasteiger partial charge in [-0.05, 0) is 46.1 Å². The van der Waals surface area contributed by atoms with Crippen LogP contribution >= 0.6 is 15.9 Å². The molecule has 3 heterocycles. The van der Waals surface area contributed by atoms with Crippen molar-refractivity contribution in [2.75, 3.05) is 38.2 Å². The summed E-state index contributed by atoms with van der Waals surface area (Å²) in [5.41, 5.74) is 7.94. The highest BCUT2D eigenvalue weighted by Gasteiger charge is 2.31. The molecule has 3 amide bonds. The van der Waals surface area contributed by atoms with Crippen LogP contribution in [0.15, 0.2) is 41.7 Å². The van der Waals surface area contributed by atoms with Crippen LogP contribution in [0, 0.1) is 0 Å². The number of likely N-dealkylation sites (tertiary alicyclic amines) is 1. The Bertz CT molecular complexity index is 1340. The van der Waals surface area contributed by atoms with Gasteiger partial charge in [0.05, 0.1) is 23.5 Å². The Morgan fingerprint density at radius 2 is 2.09 bits per heavy atom. The lowest BCUT2D eigenvalue weighted by Crippen LogP contribution is -2.27. The first-order valence-corrected chi connectivity index (χ1v) is 11.7. The quantitative estimate of drug-likeness (QED) is 0.455. The summed E-state index contributed by atoms with van der Waals surface area (Å²) in [7, 11) is 3.40. The summed E-state index contributed by atoms with van der Waals surface area (Å²) >= 11 is 3.47. The summed E-state index contributed by atoms with van der Waals surface area (Å²) in [6, 6.07) is 5.11. The van der Waals surface area contributed by atoms with Crippen LogP contribution in [0.2, 0.25) is 0 Å². The highest BCUT2D eigenvalue weighted by atomic mass is 79.9. The molecule has 0 aliphatic carbocycles. The van der Waals surface area contributed by atoms with E-state index >= 15 is 0 Å². The molecule has 2 aromatic heterocycles. The molecule has 1 aliphatic rings. The predicted molar refractivity (Wildman–Crippen MR) is 135 cm³/mol. The van der Waals surface area contributed by atoms with Crippen molar-refractivity contribution in [3.05, 3.63) is 52.9 Å². The fraction of sp³-hybridized carbons (Fsp3) is 0.304. The number of nitrogens with two attached hydrogens (primary N) is 1. The van der Waals surface area contributed by atoms with Crippen molar-refractivity contribution in [2.24, 2.45) is 0 Å². The molecule has 11 nitrogen and oxygen atoms in total. The second kappa shape index (κ2) is 9.82. The van der Waals surface area contributed by atoms with E-state index in [9.17, 15) is 14.4 Å². The Balaban J connectivity index is 1.62. The summed E-state index contributed by atoms with van der Waals surface area (Å²) < 4.78 is 2.26. The van der Waals surface area contributed by atoms with Gasteiger partial charge < -0.3 is 20.9 Å². The first-order valence-electron chi connectivity index (χ1n) is 10.9. The lowest BCUT2D eigenvalue weighted by atomic mass is 10.1. The van der Waals surface area contributed by atoms with Crippen molar-refractivity contribution < 1.29 is 14.4 Å². The molecule has 0 saturated carbocycles. The minimum absolute atomic E-state index is 0.0264. The molecule has 3 aromatic rings. The number of fused-ring (bicyclic) bond motifs is 1. The molecule has 1 saturated heterocycles. The summed E-state index contributed by atoms with van der Waals surface area (Å²) in [4.78, 5) is 48.8. The van der Waals surface area contributed by atoms with Crippen LogP contribution in [-0.4, -0.2) is 74.5 Å². The Hall–Kier alpha value is -3.80. The maximum absolute atomic E-state index is 13.3. The Kier molecular flexibility index (Phi) is 6.83. The van der Waals surface area contributed by atoms with Crippen LogP contribution in [0.5, 0.6) is 0 Å². The third-order valence-electron chi connectivity index (χ3n) is 5.86. The summed E-state index contributed by atoms with van der Waals surface area (Å²) in [5.74, 6) is -0.525. The van der Waals surface area contributed by atoms with Gasteiger partial charge in [0.1, 0.15) is 12.1 Å². The van der Waals surface area contributed by atoms with E-state index in [2.05, 4.69) is 42.9 Å². The third-order valence-corrected chi connectivity index (χ3v) is 6.52. The number of anilines is 2. The number of nitrogen functional groups attached to an aromatic ring is 1. The van der Waals surface area contributed by atoms with Gasteiger partial charge >= 0.3 is 0 Å². The number of nitrogens with zero attached hydrogens (tertiary/aromatic N) is 6. The van der Waals surface area contributed by atoms with Crippen molar-refractivity contribution in [1.82, 2.24) is 29.5 Å². The maximum atomic E-state index is 13.3. The van der Waals surface area contributed by atoms with E-state index in [0.717, 1.165) is 5.56 Å². The lowest BCUT2D eigenvalue weighted by molar-refractivity contribution is -0.128. The van der Waals surface area contributed by atoms with Crippen molar-refractivity contribution in [2.45, 2.75) is 18.9 Å². The van der Waals surface area contributed by atoms with Crippen molar-refractivity contribution in [3.63, 3.8) is 0 Å². The van der Waals surface area contributed by atoms with Gasteiger partial charge in [-0.2, -0.15) is 5.10 Å². The monoisotopic (exact) mass is 540 g/mol. The van der Waals surface area contributed by atoms with Gasteiger partial charge in [0.25, 0.3) is 5.91 Å². The van der Waals surface area contributed by atoms with Gasteiger partial charge in [0, 0.05) is 31.7 Å². The third kappa shape index (κ3) is 4.87. The Labute approximate surface area is 210 Å². The largest absolute Gasteiger partial charge is 0.383 e. The summed E-state index contributed by atoms with van der Waals surface area (Å²) in [6.07, 6.45) is 3.50. The molecular formula is C23H25BrN8O3. The lowest BCUT2D eigenvalue weighted by Gasteiger charge is -2.14. The van der Waals surface area contributed by atoms with Gasteiger partial charge in [0.2, 0.25) is 11.8 Å². The molecule has 1 fully saturated rings. The minimum Gasteiger partial charge on any atom is -0.383 e. The SMILES string of the molecule is C=CC(=O)N1CCC(n2nc(C(=O)Nc3ccc(CC(=O)N(C)C)cc3Br)c3c(N)ncnc32)C1. The standard InChI is InChI=1S/C23H25BrN8O3/c1-4-17(33)31-8-7-14(11-31)32-22-19(21(25)26-12-27-22)20(29-32)23(35)28-16-6-5-13(9-15(16)24)10-18(34)30(2)3/h4-6,9,12,14H,1,7-8,10-11H2,2-3H3,(H,28,35)(H2,25,26,27). The van der Waals surface area contributed by atoms with Gasteiger partial charge in [-0.25, -0.2) is 14.6 Å². The van der Waals surface area contributed by atoms with E-state index in [-0.39, 0.29) is 35.8 Å². The Morgan fingerprint density at radius 1 is 1.31 bits per heavy atom. The van der Waals surface area contributed by atoms with E-state index in [1.807, 2.05) is 0 Å². The van der Waals surface area contributed by atoms with Crippen molar-refractivity contribution in [1.29, 1.82) is 0 Å². The van der Waals surface area contributed by atoms with Gasteiger partial charge in [0.15, 0.2) is 11.3 Å². The molecule has 35 heavy (non-hydrogen) atoms. The van der Waals surface area contributed by atoms with Crippen LogP contribution in [0.3, 0.4) is 0 Å². The van der Waals surface area contributed by atoms with E-state index in [1.165, 1.54) is 17.3 Å². The zero-order chi connectivity index (χ0) is 25.3. The molecule has 0 radical (unpaired) electrons. The van der Waals surface area contributed by atoms with E-state index < -0.39 is 5.91 Å². The first-order chi connectivity index (χ1) is 16.7. The topological polar surface area (TPSA) is 139 Å². The molecule has 182 valence electrons. The van der Waals surface area contributed by atoms with Crippen LogP contribution in [-0.2, 0) is 16.0 Å². The molecule has 0 spiro atoms. The highest BCUT2D eigenvalue weighted by Crippen LogP contribution is 2.30. The normalized spacial score (nSPS) is 15.3. The average Bonchev–Trinajstić information content (AvgIpc) is 3.46. The molecule has 3 N–H and O–H groups in total. The molecule has 1 aromatic carbocycles. The molecule has 1 atom stereocenters. The van der Waals surface area contributed by atoms with Crippen LogP contribution in [0.1, 0.15) is 28.5 Å². The predicted octanol–water partition coefficient (Wildman–Crippen LogP) is 2.01. The number of rotatable bonds is 6. The molecule has 12 heteroatoms. The zero-order valence-electron chi connectivity index (χ0n) is 19.4. The van der Waals surface area contributed by atoms with Crippen LogP contribution in [0.25, 0.3) is 11.0 Å². The number of halogens is 1. The summed E-state index contributed by atoms with van der Waals surface area (Å²) in [5, 5.41) is 7.74. The Morgan fingerprint density at radius 3 is 2.77 bits per heavy atom. The fourth-order valence-corrected chi connectivity index (χ4v) is 4.49. The number of aromatic nitrogens is 4. The second-order valence-corrected chi connectivity index (χ2v) is 9.27. The smallest absolute Gasteiger partial charge is 0.277 e. The van der Waals surface area contributed by atoms with Gasteiger partial charge in [-0.15, -0.1) is 0 Å². The van der Waals surface area contributed by atoms with Crippen molar-refractivity contribution >= 4 is 56.2 Å². The van der Waals surface area contributed by atoms with Gasteiger partial charge in [-0.3, -0.25) is 14.4 Å². The van der Waals surface area contributed by atoms with Crippen molar-refractivity contribution in [3.8, 4) is 0 Å². The second-order valence-electron chi connectivity index (χ2n) is 8.41. The van der Waals surface area contributed by atoms with E-state index in [4.69, 9.17) is 5.73 Å². The number of hydrogen-bond acceptors (Lipinski definition) is 7. The summed E-state index contributed by atoms with van der Waals surface area (Å²) in [6.45, 7) is 4.51. The minimum atomic E-state index is -0.481. The maximum Gasteiger partial charge on any atom is 0.277 e. The number of carbonyl (C=O) groups excluding carboxylic acids is 3. The average molecular weight is 541 g/mol. The molecule has 4 rings (SSSR count). The van der Waals surface area contributed by atoms with Crippen LogP contribution in [0.4, 0.5) is 11.5 Å². The number of likely N-dealkylation sites (N-methyl/N-ethyl adjacent to an activating group) is 1. The van der Waals surface area contributed by atoms with E-state index in [1.54, 1.807) is 41.9 Å². The zero-order valence-corrected chi connectivity index (χ0v) is 20.9. The number of hydrogen-bond donors (Lipinski definition) is 2. The number of nitrogens with one attached hydrogen (secondary N) is 1. The van der Waals surface area contributed by atoms with Crippen LogP contribution < -0.4 is 11.1 Å².